The van der Waals surface area contributed by atoms with E-state index in [1.54, 1.807) is 4.57 Å². The third-order valence-corrected chi connectivity index (χ3v) is 5.77. The van der Waals surface area contributed by atoms with Gasteiger partial charge in [-0.3, -0.25) is 14.2 Å². The number of ketones is 1. The van der Waals surface area contributed by atoms with E-state index in [1.807, 2.05) is 19.9 Å². The maximum atomic E-state index is 13.4. The van der Waals surface area contributed by atoms with Crippen molar-refractivity contribution in [2.45, 2.75) is 58.9 Å². The van der Waals surface area contributed by atoms with Gasteiger partial charge in [-0.1, -0.05) is 0 Å². The Balaban J connectivity index is 2.04. The fraction of sp³-hybridized carbons (Fsp3) is 0.524. The molecule has 1 aliphatic rings. The Morgan fingerprint density at radius 2 is 2.07 bits per heavy atom. The number of aryl methyl sites for hydroxylation is 3. The minimum atomic E-state index is -0.410. The number of carbonyl (C=O) groups is 1. The van der Waals surface area contributed by atoms with E-state index in [1.165, 1.54) is 13.3 Å². The zero-order valence-electron chi connectivity index (χ0n) is 17.1. The second-order valence-electron chi connectivity index (χ2n) is 8.01. The van der Waals surface area contributed by atoms with E-state index in [0.29, 0.717) is 36.5 Å². The van der Waals surface area contributed by atoms with Gasteiger partial charge in [0.05, 0.1) is 11.2 Å². The lowest BCUT2D eigenvalue weighted by Crippen LogP contribution is -2.51. The maximum Gasteiger partial charge on any atom is 0.254 e. The molecule has 28 heavy (non-hydrogen) atoms. The molecule has 2 aromatic rings. The lowest BCUT2D eigenvalue weighted by Gasteiger charge is -2.38. The monoisotopic (exact) mass is 383 g/mol. The molecule has 7 heteroatoms. The molecule has 3 heterocycles. The van der Waals surface area contributed by atoms with Crippen LogP contribution in [0, 0.1) is 13.8 Å². The average molecular weight is 383 g/mol. The summed E-state index contributed by atoms with van der Waals surface area (Å²) in [6, 6.07) is 1.86. The van der Waals surface area contributed by atoms with Crippen molar-refractivity contribution in [2.24, 2.45) is 0 Å². The summed E-state index contributed by atoms with van der Waals surface area (Å²) >= 11 is 0. The number of pyridine rings is 1. The Morgan fingerprint density at radius 1 is 1.32 bits per heavy atom. The number of aromatic nitrogens is 3. The van der Waals surface area contributed by atoms with Crippen LogP contribution in [-0.2, 0) is 18.4 Å². The Hall–Kier alpha value is -2.54. The highest BCUT2D eigenvalue weighted by Crippen LogP contribution is 2.27. The minimum Gasteiger partial charge on any atom is -0.383 e. The summed E-state index contributed by atoms with van der Waals surface area (Å²) in [5.74, 6) is 0.388. The average Bonchev–Trinajstić information content (AvgIpc) is 2.65. The number of Topliss-reactive ketones (excluding diaryl/α,β-unsaturated/α-hetero) is 1. The molecule has 1 unspecified atom stereocenters. The third kappa shape index (κ3) is 3.71. The first-order valence-electron chi connectivity index (χ1n) is 9.78. The van der Waals surface area contributed by atoms with Crippen LogP contribution >= 0.6 is 0 Å². The minimum absolute atomic E-state index is 0.0765. The largest absolute Gasteiger partial charge is 0.383 e. The highest BCUT2D eigenvalue weighted by atomic mass is 16.1. The van der Waals surface area contributed by atoms with Gasteiger partial charge in [0.25, 0.3) is 5.56 Å². The molecule has 0 amide bonds. The molecule has 3 rings (SSSR count). The van der Waals surface area contributed by atoms with Gasteiger partial charge in [-0.25, -0.2) is 9.97 Å². The van der Waals surface area contributed by atoms with Crippen LogP contribution in [0.25, 0.3) is 0 Å². The van der Waals surface area contributed by atoms with E-state index in [2.05, 4.69) is 22.2 Å². The number of nitrogens with one attached hydrogen (secondary N) is 1. The topological polar surface area (TPSA) is 103 Å². The van der Waals surface area contributed by atoms with Crippen LogP contribution in [0.3, 0.4) is 0 Å². The van der Waals surface area contributed by atoms with E-state index < -0.39 is 5.54 Å². The zero-order valence-corrected chi connectivity index (χ0v) is 17.1. The second kappa shape index (κ2) is 7.83. The van der Waals surface area contributed by atoms with Crippen molar-refractivity contribution in [3.05, 3.63) is 50.8 Å². The van der Waals surface area contributed by atoms with Crippen LogP contribution in [-0.4, -0.2) is 33.4 Å². The lowest BCUT2D eigenvalue weighted by atomic mass is 9.89. The van der Waals surface area contributed by atoms with Crippen molar-refractivity contribution < 1.29 is 4.79 Å². The van der Waals surface area contributed by atoms with Crippen LogP contribution in [0.1, 0.15) is 59.6 Å². The predicted molar refractivity (Wildman–Crippen MR) is 110 cm³/mol. The fourth-order valence-electron chi connectivity index (χ4n) is 4.18. The summed E-state index contributed by atoms with van der Waals surface area (Å²) < 4.78 is 1.74. The maximum absolute atomic E-state index is 13.4. The summed E-state index contributed by atoms with van der Waals surface area (Å²) in [4.78, 5) is 34.1. The van der Waals surface area contributed by atoms with Crippen LogP contribution in [0.15, 0.2) is 17.2 Å². The molecule has 1 fully saturated rings. The number of hydrogen-bond acceptors (Lipinski definition) is 6. The summed E-state index contributed by atoms with van der Waals surface area (Å²) in [7, 11) is 0. The number of anilines is 1. The normalized spacial score (nSPS) is 19.6. The van der Waals surface area contributed by atoms with Crippen LogP contribution in [0.4, 0.5) is 5.82 Å². The number of carbonyl (C=O) groups excluding carboxylic acids is 1. The van der Waals surface area contributed by atoms with Crippen molar-refractivity contribution in [3.63, 3.8) is 0 Å². The standard InChI is InChI=1S/C21H29N5O2/c1-13-10-16(6-7-17-14(2)19(22)25-12-24-17)20(28)26(18(13)15(3)27)21(4)8-5-9-23-11-21/h10,12,23H,5-9,11H2,1-4H3,(H2,22,24,25). The molecule has 0 saturated carbocycles. The number of nitrogens with two attached hydrogens (primary N) is 1. The van der Waals surface area contributed by atoms with Gasteiger partial charge >= 0.3 is 0 Å². The third-order valence-electron chi connectivity index (χ3n) is 5.77. The SMILES string of the molecule is CC(=O)c1c(C)cc(CCc2ncnc(N)c2C)c(=O)n1C1(C)CCCNC1. The smallest absolute Gasteiger partial charge is 0.254 e. The lowest BCUT2D eigenvalue weighted by molar-refractivity contribution is 0.0988. The molecule has 0 radical (unpaired) electrons. The summed E-state index contributed by atoms with van der Waals surface area (Å²) in [6.45, 7) is 9.01. The van der Waals surface area contributed by atoms with E-state index in [4.69, 9.17) is 5.73 Å². The van der Waals surface area contributed by atoms with Crippen LogP contribution in [0.2, 0.25) is 0 Å². The number of hydrogen-bond donors (Lipinski definition) is 2. The molecule has 1 aliphatic heterocycles. The highest BCUT2D eigenvalue weighted by molar-refractivity contribution is 5.94. The second-order valence-corrected chi connectivity index (χ2v) is 8.01. The first-order chi connectivity index (χ1) is 13.2. The molecule has 7 nitrogen and oxygen atoms in total. The molecule has 0 aromatic carbocycles. The van der Waals surface area contributed by atoms with Crippen molar-refractivity contribution in [3.8, 4) is 0 Å². The molecule has 1 saturated heterocycles. The summed E-state index contributed by atoms with van der Waals surface area (Å²) in [6.07, 6.45) is 4.43. The fourth-order valence-corrected chi connectivity index (χ4v) is 4.18. The number of piperidine rings is 1. The van der Waals surface area contributed by atoms with Gasteiger partial charge in [-0.15, -0.1) is 0 Å². The van der Waals surface area contributed by atoms with E-state index in [9.17, 15) is 9.59 Å². The quantitative estimate of drug-likeness (QED) is 0.765. The first-order valence-corrected chi connectivity index (χ1v) is 9.78. The molecular formula is C21H29N5O2. The van der Waals surface area contributed by atoms with Crippen molar-refractivity contribution in [2.75, 3.05) is 18.8 Å². The summed E-state index contributed by atoms with van der Waals surface area (Å²) in [5, 5.41) is 3.38. The van der Waals surface area contributed by atoms with Gasteiger partial charge in [0.2, 0.25) is 0 Å². The van der Waals surface area contributed by atoms with Gasteiger partial charge in [-0.2, -0.15) is 0 Å². The number of nitrogen functional groups attached to an aromatic ring is 1. The first kappa shape index (κ1) is 20.2. The Bertz CT molecular complexity index is 958. The molecule has 0 spiro atoms. The van der Waals surface area contributed by atoms with Crippen molar-refractivity contribution in [1.82, 2.24) is 19.9 Å². The van der Waals surface area contributed by atoms with E-state index in [0.717, 1.165) is 36.2 Å². The summed E-state index contributed by atoms with van der Waals surface area (Å²) in [5.41, 5.74) is 9.13. The van der Waals surface area contributed by atoms with Crippen molar-refractivity contribution in [1.29, 1.82) is 0 Å². The Kier molecular flexibility index (Phi) is 5.65. The van der Waals surface area contributed by atoms with Crippen molar-refractivity contribution >= 4 is 11.6 Å². The van der Waals surface area contributed by atoms with E-state index in [-0.39, 0.29) is 11.3 Å². The van der Waals surface area contributed by atoms with Gasteiger partial charge in [-0.05, 0) is 64.6 Å². The number of nitrogens with zero attached hydrogens (tertiary/aromatic N) is 3. The molecule has 2 aromatic heterocycles. The van der Waals surface area contributed by atoms with Gasteiger partial charge < -0.3 is 11.1 Å². The molecule has 150 valence electrons. The van der Waals surface area contributed by atoms with Gasteiger partial charge in [0.15, 0.2) is 5.78 Å². The Morgan fingerprint density at radius 3 is 2.71 bits per heavy atom. The van der Waals surface area contributed by atoms with Gasteiger partial charge in [0, 0.05) is 30.3 Å². The van der Waals surface area contributed by atoms with Crippen LogP contribution in [0.5, 0.6) is 0 Å². The molecule has 1 atom stereocenters. The zero-order chi connectivity index (χ0) is 20.5. The highest BCUT2D eigenvalue weighted by Gasteiger charge is 2.33. The predicted octanol–water partition coefficient (Wildman–Crippen LogP) is 1.92. The van der Waals surface area contributed by atoms with Gasteiger partial charge in [0.1, 0.15) is 12.1 Å². The molecule has 0 aliphatic carbocycles. The number of rotatable bonds is 5. The molecular weight excluding hydrogens is 354 g/mol. The molecule has 0 bridgehead atoms. The Labute approximate surface area is 165 Å². The molecule has 3 N–H and O–H groups in total. The van der Waals surface area contributed by atoms with Crippen LogP contribution < -0.4 is 16.6 Å². The van der Waals surface area contributed by atoms with E-state index >= 15 is 0 Å².